The highest BCUT2D eigenvalue weighted by Gasteiger charge is 2.11. The van der Waals surface area contributed by atoms with Gasteiger partial charge in [-0.05, 0) is 50.1 Å². The van der Waals surface area contributed by atoms with Gasteiger partial charge in [0.2, 0.25) is 0 Å². The van der Waals surface area contributed by atoms with Crippen molar-refractivity contribution in [1.82, 2.24) is 0 Å². The Labute approximate surface area is 129 Å². The molecule has 0 fully saturated rings. The van der Waals surface area contributed by atoms with Gasteiger partial charge in [-0.25, -0.2) is 0 Å². The van der Waals surface area contributed by atoms with Gasteiger partial charge in [0.05, 0.1) is 13.2 Å². The van der Waals surface area contributed by atoms with Crippen LogP contribution in [-0.2, 0) is 0 Å². The Kier molecular flexibility index (Phi) is 4.71. The number of anilines is 1. The third kappa shape index (κ3) is 3.15. The molecule has 2 aromatic rings. The van der Waals surface area contributed by atoms with Gasteiger partial charge in [0.25, 0.3) is 0 Å². The molecule has 0 amide bonds. The highest BCUT2D eigenvalue weighted by molar-refractivity contribution is 9.10. The summed E-state index contributed by atoms with van der Waals surface area (Å²) in [5.41, 5.74) is 4.76. The highest BCUT2D eigenvalue weighted by Crippen LogP contribution is 2.30. The summed E-state index contributed by atoms with van der Waals surface area (Å²) in [5, 5.41) is 3.54. The van der Waals surface area contributed by atoms with Crippen molar-refractivity contribution in [2.75, 3.05) is 12.4 Å². The van der Waals surface area contributed by atoms with Crippen LogP contribution in [0.4, 0.5) is 5.69 Å². The van der Waals surface area contributed by atoms with Crippen molar-refractivity contribution >= 4 is 21.6 Å². The van der Waals surface area contributed by atoms with E-state index in [1.54, 1.807) is 7.11 Å². The number of aryl methyl sites for hydroxylation is 2. The third-order valence-corrected chi connectivity index (χ3v) is 4.68. The van der Waals surface area contributed by atoms with E-state index in [2.05, 4.69) is 60.2 Å². The molecule has 0 aliphatic heterocycles. The van der Waals surface area contributed by atoms with E-state index in [1.807, 2.05) is 18.2 Å². The topological polar surface area (TPSA) is 21.3 Å². The lowest BCUT2D eigenvalue weighted by Crippen LogP contribution is -2.08. The lowest BCUT2D eigenvalue weighted by atomic mass is 10.1. The van der Waals surface area contributed by atoms with Crippen molar-refractivity contribution in [3.63, 3.8) is 0 Å². The summed E-state index contributed by atoms with van der Waals surface area (Å²) in [6.45, 7) is 6.36. The number of para-hydroxylation sites is 1. The molecule has 0 spiro atoms. The zero-order chi connectivity index (χ0) is 14.7. The molecule has 106 valence electrons. The van der Waals surface area contributed by atoms with E-state index in [9.17, 15) is 0 Å². The van der Waals surface area contributed by atoms with Gasteiger partial charge >= 0.3 is 0 Å². The number of hydrogen-bond donors (Lipinski definition) is 1. The molecule has 0 saturated heterocycles. The SMILES string of the molecule is COc1ccccc1C(C)Nc1cc(C)c(Br)c(C)c1. The Balaban J connectivity index is 2.25. The average molecular weight is 334 g/mol. The average Bonchev–Trinajstić information content (AvgIpc) is 2.44. The Morgan fingerprint density at radius 3 is 2.30 bits per heavy atom. The van der Waals surface area contributed by atoms with Gasteiger partial charge in [-0.2, -0.15) is 0 Å². The van der Waals surface area contributed by atoms with Crippen LogP contribution in [-0.4, -0.2) is 7.11 Å². The maximum atomic E-state index is 5.42. The van der Waals surface area contributed by atoms with E-state index in [0.717, 1.165) is 17.0 Å². The van der Waals surface area contributed by atoms with Gasteiger partial charge in [-0.1, -0.05) is 34.1 Å². The molecule has 0 saturated carbocycles. The highest BCUT2D eigenvalue weighted by atomic mass is 79.9. The van der Waals surface area contributed by atoms with Crippen LogP contribution in [0.3, 0.4) is 0 Å². The first-order valence-corrected chi connectivity index (χ1v) is 7.48. The van der Waals surface area contributed by atoms with E-state index in [1.165, 1.54) is 15.6 Å². The van der Waals surface area contributed by atoms with Crippen molar-refractivity contribution in [3.8, 4) is 5.75 Å². The molecule has 2 aromatic carbocycles. The Morgan fingerprint density at radius 1 is 1.10 bits per heavy atom. The minimum atomic E-state index is 0.186. The van der Waals surface area contributed by atoms with Gasteiger partial charge in [0.15, 0.2) is 0 Å². The first-order valence-electron chi connectivity index (χ1n) is 6.69. The normalized spacial score (nSPS) is 12.1. The summed E-state index contributed by atoms with van der Waals surface area (Å²) >= 11 is 3.60. The summed E-state index contributed by atoms with van der Waals surface area (Å²) in [5.74, 6) is 0.915. The van der Waals surface area contributed by atoms with Crippen molar-refractivity contribution in [2.24, 2.45) is 0 Å². The summed E-state index contributed by atoms with van der Waals surface area (Å²) < 4.78 is 6.60. The van der Waals surface area contributed by atoms with Crippen LogP contribution in [0, 0.1) is 13.8 Å². The molecule has 1 atom stereocenters. The van der Waals surface area contributed by atoms with E-state index < -0.39 is 0 Å². The molecule has 1 unspecified atom stereocenters. The molecule has 0 heterocycles. The minimum absolute atomic E-state index is 0.186. The molecule has 2 nitrogen and oxygen atoms in total. The zero-order valence-electron chi connectivity index (χ0n) is 12.3. The number of benzene rings is 2. The van der Waals surface area contributed by atoms with Gasteiger partial charge in [0, 0.05) is 15.7 Å². The fourth-order valence-electron chi connectivity index (χ4n) is 2.38. The van der Waals surface area contributed by atoms with Crippen LogP contribution in [0.25, 0.3) is 0 Å². The first kappa shape index (κ1) is 14.9. The van der Waals surface area contributed by atoms with Crippen LogP contribution in [0.1, 0.15) is 29.7 Å². The number of hydrogen-bond acceptors (Lipinski definition) is 2. The van der Waals surface area contributed by atoms with E-state index in [4.69, 9.17) is 4.74 Å². The standard InChI is InChI=1S/C17H20BrNO/c1-11-9-14(10-12(2)17(11)18)19-13(3)15-7-5-6-8-16(15)20-4/h5-10,13,19H,1-4H3. The predicted octanol–water partition coefficient (Wildman–Crippen LogP) is 5.25. The van der Waals surface area contributed by atoms with Gasteiger partial charge in [-0.3, -0.25) is 0 Å². The summed E-state index contributed by atoms with van der Waals surface area (Å²) in [4.78, 5) is 0. The Hall–Kier alpha value is -1.48. The maximum absolute atomic E-state index is 5.42. The van der Waals surface area contributed by atoms with Crippen LogP contribution >= 0.6 is 15.9 Å². The molecule has 20 heavy (non-hydrogen) atoms. The Morgan fingerprint density at radius 2 is 1.70 bits per heavy atom. The second-order valence-corrected chi connectivity index (χ2v) is 5.82. The zero-order valence-corrected chi connectivity index (χ0v) is 13.9. The fourth-order valence-corrected chi connectivity index (χ4v) is 2.61. The molecule has 1 N–H and O–H groups in total. The van der Waals surface area contributed by atoms with Crippen LogP contribution in [0.2, 0.25) is 0 Å². The number of halogens is 1. The van der Waals surface area contributed by atoms with Crippen LogP contribution < -0.4 is 10.1 Å². The number of ether oxygens (including phenoxy) is 1. The first-order chi connectivity index (χ1) is 9.52. The predicted molar refractivity (Wildman–Crippen MR) is 88.6 cm³/mol. The van der Waals surface area contributed by atoms with Crippen molar-refractivity contribution < 1.29 is 4.74 Å². The summed E-state index contributed by atoms with van der Waals surface area (Å²) in [6.07, 6.45) is 0. The third-order valence-electron chi connectivity index (χ3n) is 3.43. The van der Waals surface area contributed by atoms with Gasteiger partial charge in [0.1, 0.15) is 5.75 Å². The molecule has 0 bridgehead atoms. The van der Waals surface area contributed by atoms with E-state index >= 15 is 0 Å². The number of rotatable bonds is 4. The van der Waals surface area contributed by atoms with Crippen molar-refractivity contribution in [3.05, 3.63) is 57.6 Å². The Bertz CT molecular complexity index is 587. The smallest absolute Gasteiger partial charge is 0.124 e. The minimum Gasteiger partial charge on any atom is -0.496 e. The van der Waals surface area contributed by atoms with E-state index in [0.29, 0.717) is 0 Å². The largest absolute Gasteiger partial charge is 0.496 e. The lowest BCUT2D eigenvalue weighted by molar-refractivity contribution is 0.408. The molecule has 2 rings (SSSR count). The maximum Gasteiger partial charge on any atom is 0.124 e. The summed E-state index contributed by atoms with van der Waals surface area (Å²) in [7, 11) is 1.71. The monoisotopic (exact) mass is 333 g/mol. The van der Waals surface area contributed by atoms with Crippen LogP contribution in [0.5, 0.6) is 5.75 Å². The van der Waals surface area contributed by atoms with E-state index in [-0.39, 0.29) is 6.04 Å². The van der Waals surface area contributed by atoms with Gasteiger partial charge in [-0.15, -0.1) is 0 Å². The lowest BCUT2D eigenvalue weighted by Gasteiger charge is -2.19. The molecule has 3 heteroatoms. The fraction of sp³-hybridized carbons (Fsp3) is 0.294. The van der Waals surface area contributed by atoms with Crippen LogP contribution in [0.15, 0.2) is 40.9 Å². The van der Waals surface area contributed by atoms with Gasteiger partial charge < -0.3 is 10.1 Å². The number of methoxy groups -OCH3 is 1. The van der Waals surface area contributed by atoms with Crippen molar-refractivity contribution in [2.45, 2.75) is 26.8 Å². The molecular formula is C17H20BrNO. The quantitative estimate of drug-likeness (QED) is 0.825. The molecule has 0 aliphatic carbocycles. The summed E-state index contributed by atoms with van der Waals surface area (Å²) in [6, 6.07) is 12.6. The second kappa shape index (κ2) is 6.31. The second-order valence-electron chi connectivity index (χ2n) is 5.03. The molecule has 0 aromatic heterocycles. The van der Waals surface area contributed by atoms with Crippen molar-refractivity contribution in [1.29, 1.82) is 0 Å². The molecule has 0 radical (unpaired) electrons. The molecular weight excluding hydrogens is 314 g/mol. The molecule has 0 aliphatic rings. The number of nitrogens with one attached hydrogen (secondary N) is 1.